The van der Waals surface area contributed by atoms with Crippen LogP contribution in [0.5, 0.6) is 0 Å². The van der Waals surface area contributed by atoms with E-state index in [0.29, 0.717) is 30.0 Å². The second-order valence-corrected chi connectivity index (χ2v) is 8.98. The number of nitrogens with zero attached hydrogens (tertiary/aromatic N) is 2. The molecule has 1 saturated heterocycles. The van der Waals surface area contributed by atoms with E-state index in [1.165, 1.54) is 4.90 Å². The van der Waals surface area contributed by atoms with Crippen LogP contribution in [0.15, 0.2) is 42.1 Å². The highest BCUT2D eigenvalue weighted by atomic mass is 16.5. The van der Waals surface area contributed by atoms with Crippen LogP contribution in [0.2, 0.25) is 0 Å². The van der Waals surface area contributed by atoms with E-state index >= 15 is 0 Å². The van der Waals surface area contributed by atoms with Crippen molar-refractivity contribution in [3.05, 3.63) is 69.9 Å². The zero-order valence-electron chi connectivity index (χ0n) is 19.2. The molecule has 2 atom stereocenters. The summed E-state index contributed by atoms with van der Waals surface area (Å²) in [6.45, 7) is 13.2. The third-order valence-electron chi connectivity index (χ3n) is 6.06. The monoisotopic (exact) mass is 418 g/mol. The Morgan fingerprint density at radius 1 is 0.806 bits per heavy atom. The normalized spacial score (nSPS) is 22.0. The van der Waals surface area contributed by atoms with Crippen molar-refractivity contribution in [2.75, 3.05) is 18.0 Å². The molecular formula is C26H30N2O3. The molecule has 2 unspecified atom stereocenters. The Morgan fingerprint density at radius 2 is 1.42 bits per heavy atom. The van der Waals surface area contributed by atoms with Crippen molar-refractivity contribution in [3.63, 3.8) is 0 Å². The SMILES string of the molecule is Cc1cc(C)cc(N2C(=O)C(c3ccc(C)c(C)c3)=C(N3CC(C)OC(C)C3)C2=O)c1. The number of carbonyl (C=O) groups is 2. The van der Waals surface area contributed by atoms with Gasteiger partial charge in [0.15, 0.2) is 0 Å². The standard InChI is InChI=1S/C26H30N2O3/c1-15-9-16(2)11-22(10-15)28-25(29)23(21-8-7-17(3)18(4)12-21)24(26(28)30)27-13-19(5)31-20(6)14-27/h7-12,19-20H,13-14H2,1-6H3. The van der Waals surface area contributed by atoms with Crippen molar-refractivity contribution in [3.8, 4) is 0 Å². The highest BCUT2D eigenvalue weighted by Gasteiger charge is 2.44. The number of rotatable bonds is 3. The number of benzene rings is 2. The second kappa shape index (κ2) is 7.97. The van der Waals surface area contributed by atoms with E-state index in [1.54, 1.807) is 0 Å². The molecule has 1 fully saturated rings. The predicted octanol–water partition coefficient (Wildman–Crippen LogP) is 4.31. The fraction of sp³-hybridized carbons (Fsp3) is 0.385. The molecule has 0 aromatic heterocycles. The van der Waals surface area contributed by atoms with Gasteiger partial charge in [0.2, 0.25) is 0 Å². The molecule has 2 aliphatic heterocycles. The van der Waals surface area contributed by atoms with Crippen molar-refractivity contribution >= 4 is 23.1 Å². The Morgan fingerprint density at radius 3 is 2.00 bits per heavy atom. The molecule has 162 valence electrons. The maximum absolute atomic E-state index is 13.8. The molecule has 2 aromatic rings. The van der Waals surface area contributed by atoms with Gasteiger partial charge in [0.1, 0.15) is 5.70 Å². The summed E-state index contributed by atoms with van der Waals surface area (Å²) >= 11 is 0. The fourth-order valence-corrected chi connectivity index (χ4v) is 4.64. The van der Waals surface area contributed by atoms with Gasteiger partial charge < -0.3 is 9.64 Å². The van der Waals surface area contributed by atoms with E-state index in [2.05, 4.69) is 0 Å². The van der Waals surface area contributed by atoms with Crippen molar-refractivity contribution in [1.29, 1.82) is 0 Å². The van der Waals surface area contributed by atoms with Crippen molar-refractivity contribution in [2.45, 2.75) is 53.8 Å². The Bertz CT molecular complexity index is 1070. The third-order valence-corrected chi connectivity index (χ3v) is 6.06. The number of imide groups is 1. The topological polar surface area (TPSA) is 49.9 Å². The molecule has 5 nitrogen and oxygen atoms in total. The Kier molecular flexibility index (Phi) is 5.48. The summed E-state index contributed by atoms with van der Waals surface area (Å²) in [6, 6.07) is 11.8. The van der Waals surface area contributed by atoms with Crippen molar-refractivity contribution in [1.82, 2.24) is 4.90 Å². The number of amides is 2. The summed E-state index contributed by atoms with van der Waals surface area (Å²) in [6.07, 6.45) is -0.0363. The van der Waals surface area contributed by atoms with Crippen LogP contribution in [0.3, 0.4) is 0 Å². The Hall–Kier alpha value is -2.92. The number of morpholine rings is 1. The first-order chi connectivity index (χ1) is 14.7. The number of anilines is 1. The predicted molar refractivity (Wildman–Crippen MR) is 123 cm³/mol. The molecule has 0 aliphatic carbocycles. The van der Waals surface area contributed by atoms with Crippen LogP contribution in [0.1, 0.15) is 41.7 Å². The van der Waals surface area contributed by atoms with Gasteiger partial charge in [-0.05, 0) is 81.5 Å². The zero-order chi connectivity index (χ0) is 22.4. The number of hydrogen-bond acceptors (Lipinski definition) is 4. The molecule has 31 heavy (non-hydrogen) atoms. The van der Waals surface area contributed by atoms with Gasteiger partial charge in [-0.25, -0.2) is 4.90 Å². The lowest BCUT2D eigenvalue weighted by Crippen LogP contribution is -2.47. The molecule has 0 saturated carbocycles. The highest BCUT2D eigenvalue weighted by Crippen LogP contribution is 2.37. The third kappa shape index (κ3) is 3.90. The van der Waals surface area contributed by atoms with Gasteiger partial charge in [-0.15, -0.1) is 0 Å². The molecule has 0 radical (unpaired) electrons. The van der Waals surface area contributed by atoms with E-state index in [-0.39, 0.29) is 24.0 Å². The van der Waals surface area contributed by atoms with E-state index < -0.39 is 0 Å². The van der Waals surface area contributed by atoms with Crippen LogP contribution < -0.4 is 4.90 Å². The summed E-state index contributed by atoms with van der Waals surface area (Å²) in [7, 11) is 0. The number of hydrogen-bond donors (Lipinski definition) is 0. The van der Waals surface area contributed by atoms with E-state index in [9.17, 15) is 9.59 Å². The maximum Gasteiger partial charge on any atom is 0.282 e. The molecule has 0 bridgehead atoms. The summed E-state index contributed by atoms with van der Waals surface area (Å²) in [5.41, 5.74) is 6.66. The van der Waals surface area contributed by atoms with E-state index in [4.69, 9.17) is 4.74 Å². The van der Waals surface area contributed by atoms with Gasteiger partial charge >= 0.3 is 0 Å². The smallest absolute Gasteiger partial charge is 0.282 e. The molecule has 4 rings (SSSR count). The molecule has 0 N–H and O–H groups in total. The van der Waals surface area contributed by atoms with Crippen LogP contribution >= 0.6 is 0 Å². The lowest BCUT2D eigenvalue weighted by atomic mass is 9.99. The minimum atomic E-state index is -0.264. The van der Waals surface area contributed by atoms with Gasteiger partial charge in [0.05, 0.1) is 23.5 Å². The first kappa shape index (κ1) is 21.3. The van der Waals surface area contributed by atoms with Crippen LogP contribution in [-0.4, -0.2) is 42.0 Å². The van der Waals surface area contributed by atoms with Gasteiger partial charge in [-0.3, -0.25) is 9.59 Å². The Labute approximate surface area is 184 Å². The first-order valence-electron chi connectivity index (χ1n) is 10.8. The summed E-state index contributed by atoms with van der Waals surface area (Å²) in [5.74, 6) is -0.524. The van der Waals surface area contributed by atoms with Crippen LogP contribution in [-0.2, 0) is 14.3 Å². The second-order valence-electron chi connectivity index (χ2n) is 8.98. The molecule has 5 heteroatoms. The van der Waals surface area contributed by atoms with Gasteiger partial charge in [0, 0.05) is 13.1 Å². The van der Waals surface area contributed by atoms with Gasteiger partial charge in [-0.2, -0.15) is 0 Å². The molecule has 2 aliphatic rings. The Balaban J connectivity index is 1.87. The number of carbonyl (C=O) groups excluding carboxylic acids is 2. The number of ether oxygens (including phenoxy) is 1. The van der Waals surface area contributed by atoms with Gasteiger partial charge in [-0.1, -0.05) is 24.3 Å². The molecular weight excluding hydrogens is 388 g/mol. The molecule has 2 amide bonds. The fourth-order valence-electron chi connectivity index (χ4n) is 4.64. The minimum absolute atomic E-state index is 0.0181. The molecule has 2 aromatic carbocycles. The van der Waals surface area contributed by atoms with E-state index in [0.717, 1.165) is 27.8 Å². The van der Waals surface area contributed by atoms with Gasteiger partial charge in [0.25, 0.3) is 11.8 Å². The molecule has 0 spiro atoms. The summed E-state index contributed by atoms with van der Waals surface area (Å²) in [4.78, 5) is 30.9. The summed E-state index contributed by atoms with van der Waals surface area (Å²) < 4.78 is 5.88. The summed E-state index contributed by atoms with van der Waals surface area (Å²) in [5, 5.41) is 0. The number of aryl methyl sites for hydroxylation is 4. The van der Waals surface area contributed by atoms with Crippen molar-refractivity contribution < 1.29 is 14.3 Å². The quantitative estimate of drug-likeness (QED) is 0.697. The zero-order valence-corrected chi connectivity index (χ0v) is 19.2. The lowest BCUT2D eigenvalue weighted by Gasteiger charge is -2.37. The highest BCUT2D eigenvalue weighted by molar-refractivity contribution is 6.45. The van der Waals surface area contributed by atoms with E-state index in [1.807, 2.05) is 82.8 Å². The van der Waals surface area contributed by atoms with Crippen LogP contribution in [0.4, 0.5) is 5.69 Å². The van der Waals surface area contributed by atoms with Crippen molar-refractivity contribution in [2.24, 2.45) is 0 Å². The largest absolute Gasteiger partial charge is 0.372 e. The van der Waals surface area contributed by atoms with Crippen LogP contribution in [0, 0.1) is 27.7 Å². The lowest BCUT2D eigenvalue weighted by molar-refractivity contribution is -0.121. The average Bonchev–Trinajstić information content (AvgIpc) is 2.92. The molecule has 2 heterocycles. The maximum atomic E-state index is 13.8. The van der Waals surface area contributed by atoms with Crippen LogP contribution in [0.25, 0.3) is 5.57 Å². The minimum Gasteiger partial charge on any atom is -0.372 e. The first-order valence-corrected chi connectivity index (χ1v) is 10.8. The average molecular weight is 419 g/mol.